The fourth-order valence-electron chi connectivity index (χ4n) is 2.22. The summed E-state index contributed by atoms with van der Waals surface area (Å²) in [5.74, 6) is 1.35. The number of ketones is 1. The summed E-state index contributed by atoms with van der Waals surface area (Å²) in [7, 11) is 0. The monoisotopic (exact) mass is 262 g/mol. The van der Waals surface area contributed by atoms with E-state index in [1.807, 2.05) is 13.0 Å². The van der Waals surface area contributed by atoms with E-state index >= 15 is 0 Å². The Labute approximate surface area is 117 Å². The predicted molar refractivity (Wildman–Crippen MR) is 79.8 cm³/mol. The number of carbonyl (C=O) groups excluding carboxylic acids is 1. The van der Waals surface area contributed by atoms with Gasteiger partial charge in [0.1, 0.15) is 11.5 Å². The largest absolute Gasteiger partial charge is 0.494 e. The van der Waals surface area contributed by atoms with Crippen molar-refractivity contribution in [2.45, 2.75) is 59.3 Å². The Hall–Kier alpha value is -1.31. The van der Waals surface area contributed by atoms with E-state index in [1.54, 1.807) is 0 Å². The molecule has 0 aliphatic heterocycles. The van der Waals surface area contributed by atoms with Gasteiger partial charge < -0.3 is 4.74 Å². The number of unbranched alkanes of at least 4 members (excludes halogenated alkanes) is 1. The van der Waals surface area contributed by atoms with Gasteiger partial charge in [0.15, 0.2) is 0 Å². The van der Waals surface area contributed by atoms with Crippen molar-refractivity contribution >= 4 is 5.78 Å². The minimum atomic E-state index is 0.405. The summed E-state index contributed by atoms with van der Waals surface area (Å²) in [5, 5.41) is 0. The molecule has 0 radical (unpaired) electrons. The fourth-order valence-corrected chi connectivity index (χ4v) is 2.22. The second-order valence-corrected chi connectivity index (χ2v) is 5.02. The summed E-state index contributed by atoms with van der Waals surface area (Å²) in [6.45, 7) is 6.89. The molecule has 0 saturated heterocycles. The molecule has 1 aromatic carbocycles. The van der Waals surface area contributed by atoms with Gasteiger partial charge in [-0.05, 0) is 62.8 Å². The molecule has 0 unspecified atom stereocenters. The Kier molecular flexibility index (Phi) is 7.24. The van der Waals surface area contributed by atoms with Gasteiger partial charge in [-0.1, -0.05) is 13.0 Å². The number of benzene rings is 1. The first-order valence-electron chi connectivity index (χ1n) is 7.41. The number of ether oxygens (including phenoxy) is 1. The molecule has 106 valence electrons. The molecule has 0 aromatic heterocycles. The summed E-state index contributed by atoms with van der Waals surface area (Å²) >= 11 is 0. The highest BCUT2D eigenvalue weighted by Gasteiger charge is 2.03. The lowest BCUT2D eigenvalue weighted by Crippen LogP contribution is -1.98. The first-order chi connectivity index (χ1) is 9.17. The Morgan fingerprint density at radius 1 is 1.16 bits per heavy atom. The molecule has 0 spiro atoms. The lowest BCUT2D eigenvalue weighted by molar-refractivity contribution is -0.119. The zero-order chi connectivity index (χ0) is 14.1. The minimum absolute atomic E-state index is 0.405. The Balaban J connectivity index is 2.39. The van der Waals surface area contributed by atoms with Crippen molar-refractivity contribution in [3.05, 3.63) is 29.3 Å². The van der Waals surface area contributed by atoms with E-state index in [-0.39, 0.29) is 0 Å². The van der Waals surface area contributed by atoms with Gasteiger partial charge in [-0.2, -0.15) is 0 Å². The van der Waals surface area contributed by atoms with Gasteiger partial charge in [-0.25, -0.2) is 0 Å². The van der Waals surface area contributed by atoms with Crippen LogP contribution in [-0.4, -0.2) is 12.4 Å². The van der Waals surface area contributed by atoms with E-state index in [0.717, 1.165) is 44.3 Å². The first kappa shape index (κ1) is 15.7. The van der Waals surface area contributed by atoms with Gasteiger partial charge in [0, 0.05) is 12.8 Å². The average molecular weight is 262 g/mol. The quantitative estimate of drug-likeness (QED) is 0.613. The second-order valence-electron chi connectivity index (χ2n) is 5.02. The van der Waals surface area contributed by atoms with Crippen LogP contribution in [0.5, 0.6) is 5.75 Å². The topological polar surface area (TPSA) is 26.3 Å². The Bertz CT molecular complexity index is 396. The van der Waals surface area contributed by atoms with Crippen molar-refractivity contribution in [1.29, 1.82) is 0 Å². The van der Waals surface area contributed by atoms with E-state index in [9.17, 15) is 4.79 Å². The SMILES string of the molecule is CCCC(=O)CCCCc1cc(OCC)ccc1C. The maximum Gasteiger partial charge on any atom is 0.132 e. The molecular weight excluding hydrogens is 236 g/mol. The van der Waals surface area contributed by atoms with Crippen LogP contribution in [0.1, 0.15) is 57.1 Å². The normalized spacial score (nSPS) is 10.5. The van der Waals surface area contributed by atoms with Gasteiger partial charge in [0.2, 0.25) is 0 Å². The third-order valence-electron chi connectivity index (χ3n) is 3.31. The lowest BCUT2D eigenvalue weighted by atomic mass is 10.0. The maximum absolute atomic E-state index is 11.4. The number of hydrogen-bond acceptors (Lipinski definition) is 2. The molecule has 0 saturated carbocycles. The molecule has 0 atom stereocenters. The number of rotatable bonds is 9. The van der Waals surface area contributed by atoms with E-state index < -0.39 is 0 Å². The molecule has 0 fully saturated rings. The van der Waals surface area contributed by atoms with Gasteiger partial charge in [0.05, 0.1) is 6.61 Å². The van der Waals surface area contributed by atoms with Gasteiger partial charge >= 0.3 is 0 Å². The molecule has 2 heteroatoms. The fraction of sp³-hybridized carbons (Fsp3) is 0.588. The zero-order valence-corrected chi connectivity index (χ0v) is 12.5. The van der Waals surface area contributed by atoms with Crippen molar-refractivity contribution in [2.75, 3.05) is 6.61 Å². The number of hydrogen-bond donors (Lipinski definition) is 0. The molecule has 2 nitrogen and oxygen atoms in total. The highest BCUT2D eigenvalue weighted by molar-refractivity contribution is 5.78. The highest BCUT2D eigenvalue weighted by atomic mass is 16.5. The van der Waals surface area contributed by atoms with Crippen LogP contribution in [-0.2, 0) is 11.2 Å². The maximum atomic E-state index is 11.4. The summed E-state index contributed by atoms with van der Waals surface area (Å²) in [6, 6.07) is 6.27. The standard InChI is InChI=1S/C17H26O2/c1-4-8-16(18)10-7-6-9-15-13-17(19-5-2)12-11-14(15)3/h11-13H,4-10H2,1-3H3. The van der Waals surface area contributed by atoms with Crippen LogP contribution in [0.25, 0.3) is 0 Å². The van der Waals surface area contributed by atoms with E-state index in [4.69, 9.17) is 4.74 Å². The lowest BCUT2D eigenvalue weighted by Gasteiger charge is -2.09. The van der Waals surface area contributed by atoms with Crippen molar-refractivity contribution < 1.29 is 9.53 Å². The number of carbonyl (C=O) groups is 1. The first-order valence-corrected chi connectivity index (χ1v) is 7.41. The highest BCUT2D eigenvalue weighted by Crippen LogP contribution is 2.19. The van der Waals surface area contributed by atoms with Crippen molar-refractivity contribution in [3.8, 4) is 5.75 Å². The third-order valence-corrected chi connectivity index (χ3v) is 3.31. The van der Waals surface area contributed by atoms with E-state index in [0.29, 0.717) is 12.4 Å². The molecular formula is C17H26O2. The number of aryl methyl sites for hydroxylation is 2. The van der Waals surface area contributed by atoms with Crippen LogP contribution in [0.4, 0.5) is 0 Å². The minimum Gasteiger partial charge on any atom is -0.494 e. The Morgan fingerprint density at radius 2 is 1.95 bits per heavy atom. The molecule has 19 heavy (non-hydrogen) atoms. The van der Waals surface area contributed by atoms with Gasteiger partial charge in [0.25, 0.3) is 0 Å². The molecule has 1 rings (SSSR count). The molecule has 0 aliphatic rings. The third kappa shape index (κ3) is 5.91. The van der Waals surface area contributed by atoms with Gasteiger partial charge in [-0.3, -0.25) is 4.79 Å². The van der Waals surface area contributed by atoms with Crippen molar-refractivity contribution in [1.82, 2.24) is 0 Å². The smallest absolute Gasteiger partial charge is 0.132 e. The molecule has 1 aromatic rings. The summed E-state index contributed by atoms with van der Waals surface area (Å²) in [6.07, 6.45) is 5.54. The Morgan fingerprint density at radius 3 is 2.63 bits per heavy atom. The van der Waals surface area contributed by atoms with Crippen molar-refractivity contribution in [3.63, 3.8) is 0 Å². The van der Waals surface area contributed by atoms with E-state index in [1.165, 1.54) is 11.1 Å². The van der Waals surface area contributed by atoms with E-state index in [2.05, 4.69) is 26.0 Å². The van der Waals surface area contributed by atoms with Crippen molar-refractivity contribution in [2.24, 2.45) is 0 Å². The molecule has 0 bridgehead atoms. The molecule has 0 aliphatic carbocycles. The summed E-state index contributed by atoms with van der Waals surface area (Å²) < 4.78 is 5.52. The van der Waals surface area contributed by atoms with Gasteiger partial charge in [-0.15, -0.1) is 0 Å². The average Bonchev–Trinajstić information content (AvgIpc) is 2.39. The molecule has 0 amide bonds. The zero-order valence-electron chi connectivity index (χ0n) is 12.5. The molecule has 0 N–H and O–H groups in total. The summed E-state index contributed by atoms with van der Waals surface area (Å²) in [5.41, 5.74) is 2.65. The van der Waals surface area contributed by atoms with Crippen LogP contribution >= 0.6 is 0 Å². The predicted octanol–water partition coefficient (Wildman–Crippen LogP) is 4.48. The van der Waals surface area contributed by atoms with Crippen LogP contribution in [0.2, 0.25) is 0 Å². The van der Waals surface area contributed by atoms with Crippen LogP contribution in [0.15, 0.2) is 18.2 Å². The second kappa shape index (κ2) is 8.73. The van der Waals surface area contributed by atoms with Crippen LogP contribution in [0.3, 0.4) is 0 Å². The van der Waals surface area contributed by atoms with Crippen LogP contribution < -0.4 is 4.74 Å². The molecule has 0 heterocycles. The number of Topliss-reactive ketones (excluding diaryl/α,β-unsaturated/α-hetero) is 1. The van der Waals surface area contributed by atoms with Crippen LogP contribution in [0, 0.1) is 6.92 Å². The summed E-state index contributed by atoms with van der Waals surface area (Å²) in [4.78, 5) is 11.4.